The average molecular weight is 335 g/mol. The van der Waals surface area contributed by atoms with E-state index in [9.17, 15) is 27.5 Å². The van der Waals surface area contributed by atoms with Gasteiger partial charge in [-0.25, -0.2) is 4.39 Å². The van der Waals surface area contributed by atoms with E-state index in [0.717, 1.165) is 6.07 Å². The Labute approximate surface area is 130 Å². The van der Waals surface area contributed by atoms with Crippen LogP contribution in [0.1, 0.15) is 19.8 Å². The lowest BCUT2D eigenvalue weighted by molar-refractivity contribution is -0.272. The van der Waals surface area contributed by atoms with Crippen LogP contribution in [0.5, 0.6) is 5.75 Å². The van der Waals surface area contributed by atoms with E-state index in [1.165, 1.54) is 30.0 Å². The first-order chi connectivity index (χ1) is 10.6. The van der Waals surface area contributed by atoms with E-state index >= 15 is 0 Å². The minimum absolute atomic E-state index is 0.162. The lowest BCUT2D eigenvalue weighted by Gasteiger charge is -2.39. The van der Waals surface area contributed by atoms with Crippen molar-refractivity contribution < 1.29 is 32.2 Å². The average Bonchev–Trinajstić information content (AvgIpc) is 2.46. The number of rotatable bonds is 3. The summed E-state index contributed by atoms with van der Waals surface area (Å²) >= 11 is 0. The van der Waals surface area contributed by atoms with Crippen LogP contribution in [0, 0.1) is 5.82 Å². The number of alkyl halides is 3. The van der Waals surface area contributed by atoms with Crippen molar-refractivity contribution in [3.05, 3.63) is 30.1 Å². The molecule has 128 valence electrons. The normalized spacial score (nSPS) is 19.3. The molecular formula is C15H17F4NO3. The van der Waals surface area contributed by atoms with Crippen LogP contribution >= 0.6 is 0 Å². The molecule has 0 spiro atoms. The molecule has 0 bridgehead atoms. The van der Waals surface area contributed by atoms with E-state index in [0.29, 0.717) is 0 Å². The Hall–Kier alpha value is -1.83. The molecule has 8 heteroatoms. The van der Waals surface area contributed by atoms with Crippen molar-refractivity contribution in [1.82, 2.24) is 4.90 Å². The predicted molar refractivity (Wildman–Crippen MR) is 73.3 cm³/mol. The molecule has 1 aromatic carbocycles. The first-order valence-electron chi connectivity index (χ1n) is 7.12. The molecule has 1 aromatic rings. The topological polar surface area (TPSA) is 49.8 Å². The number of ether oxygens (including phenoxy) is 1. The maximum atomic E-state index is 13.1. The molecule has 4 nitrogen and oxygen atoms in total. The summed E-state index contributed by atoms with van der Waals surface area (Å²) in [6.07, 6.45) is -6.83. The highest BCUT2D eigenvalue weighted by atomic mass is 19.4. The lowest BCUT2D eigenvalue weighted by Crippen LogP contribution is -2.55. The zero-order chi connectivity index (χ0) is 17.3. The molecule has 1 atom stereocenters. The third kappa shape index (κ3) is 3.93. The van der Waals surface area contributed by atoms with Gasteiger partial charge >= 0.3 is 6.18 Å². The summed E-state index contributed by atoms with van der Waals surface area (Å²) in [5, 5.41) is 9.58. The maximum Gasteiger partial charge on any atom is 0.417 e. The number of carbonyl (C=O) groups is 1. The van der Waals surface area contributed by atoms with E-state index in [2.05, 4.69) is 0 Å². The number of carbonyl (C=O) groups excluding carboxylic acids is 1. The molecule has 1 unspecified atom stereocenters. The van der Waals surface area contributed by atoms with E-state index in [4.69, 9.17) is 4.74 Å². The monoisotopic (exact) mass is 335 g/mol. The number of hydrogen-bond donors (Lipinski definition) is 1. The van der Waals surface area contributed by atoms with Gasteiger partial charge in [-0.3, -0.25) is 4.79 Å². The summed E-state index contributed by atoms with van der Waals surface area (Å²) in [5.74, 6) is -0.858. The van der Waals surface area contributed by atoms with Crippen molar-refractivity contribution in [3.8, 4) is 5.75 Å². The highest BCUT2D eigenvalue weighted by molar-refractivity contribution is 5.81. The zero-order valence-corrected chi connectivity index (χ0v) is 12.4. The van der Waals surface area contributed by atoms with E-state index in [1.54, 1.807) is 0 Å². The Morgan fingerprint density at radius 1 is 1.35 bits per heavy atom. The summed E-state index contributed by atoms with van der Waals surface area (Å²) in [5.41, 5.74) is -2.75. The summed E-state index contributed by atoms with van der Waals surface area (Å²) in [6, 6.07) is 5.24. The van der Waals surface area contributed by atoms with Crippen molar-refractivity contribution in [2.24, 2.45) is 0 Å². The molecule has 1 fully saturated rings. The minimum atomic E-state index is -4.72. The van der Waals surface area contributed by atoms with Gasteiger partial charge in [-0.1, -0.05) is 6.07 Å². The highest BCUT2D eigenvalue weighted by Gasteiger charge is 2.55. The molecule has 2 rings (SSSR count). The molecule has 0 radical (unpaired) electrons. The number of aliphatic hydroxyl groups is 1. The number of halogens is 4. The standard InChI is InChI=1S/C15H17F4NO3/c1-10(23-12-4-2-3-11(16)9-12)13(21)20-7-5-14(22,6-8-20)15(17,18)19/h2-4,9-10,22H,5-8H2,1H3. The molecule has 0 aliphatic carbocycles. The summed E-state index contributed by atoms with van der Waals surface area (Å²) < 4.78 is 56.5. The molecule has 1 heterocycles. The van der Waals surface area contributed by atoms with Gasteiger partial charge in [-0.2, -0.15) is 13.2 Å². The van der Waals surface area contributed by atoms with Gasteiger partial charge in [-0.15, -0.1) is 0 Å². The fourth-order valence-corrected chi connectivity index (χ4v) is 2.43. The Morgan fingerprint density at radius 2 is 1.96 bits per heavy atom. The minimum Gasteiger partial charge on any atom is -0.481 e. The largest absolute Gasteiger partial charge is 0.481 e. The van der Waals surface area contributed by atoms with Gasteiger partial charge in [0.15, 0.2) is 11.7 Å². The molecule has 0 aromatic heterocycles. The third-order valence-corrected chi connectivity index (χ3v) is 3.89. The number of amides is 1. The fraction of sp³-hybridized carbons (Fsp3) is 0.533. The number of nitrogens with zero attached hydrogens (tertiary/aromatic N) is 1. The van der Waals surface area contributed by atoms with E-state index in [-0.39, 0.29) is 18.8 Å². The van der Waals surface area contributed by atoms with Crippen LogP contribution in [0.15, 0.2) is 24.3 Å². The molecule has 23 heavy (non-hydrogen) atoms. The van der Waals surface area contributed by atoms with Gasteiger partial charge in [0.25, 0.3) is 5.91 Å². The summed E-state index contributed by atoms with van der Waals surface area (Å²) in [6.45, 7) is 1.01. The molecule has 1 saturated heterocycles. The van der Waals surface area contributed by atoms with Crippen LogP contribution in [-0.4, -0.2) is 46.9 Å². The van der Waals surface area contributed by atoms with Gasteiger partial charge in [0.05, 0.1) is 0 Å². The molecule has 1 aliphatic heterocycles. The van der Waals surface area contributed by atoms with Gasteiger partial charge in [0, 0.05) is 32.0 Å². The predicted octanol–water partition coefficient (Wildman–Crippen LogP) is 2.51. The van der Waals surface area contributed by atoms with Gasteiger partial charge in [0.2, 0.25) is 0 Å². The lowest BCUT2D eigenvalue weighted by atomic mass is 9.90. The van der Waals surface area contributed by atoms with Gasteiger partial charge < -0.3 is 14.7 Å². The van der Waals surface area contributed by atoms with Crippen LogP contribution in [0.25, 0.3) is 0 Å². The number of hydrogen-bond acceptors (Lipinski definition) is 3. The summed E-state index contributed by atoms with van der Waals surface area (Å²) in [4.78, 5) is 13.4. The first-order valence-corrected chi connectivity index (χ1v) is 7.12. The number of piperidine rings is 1. The van der Waals surface area contributed by atoms with Crippen molar-refractivity contribution in [2.45, 2.75) is 37.6 Å². The molecule has 1 N–H and O–H groups in total. The Kier molecular flexibility index (Phi) is 4.84. The van der Waals surface area contributed by atoms with Crippen LogP contribution in [0.4, 0.5) is 17.6 Å². The fourth-order valence-electron chi connectivity index (χ4n) is 2.43. The second kappa shape index (κ2) is 6.35. The Morgan fingerprint density at radius 3 is 2.48 bits per heavy atom. The molecule has 1 aliphatic rings. The SMILES string of the molecule is CC(Oc1cccc(F)c1)C(=O)N1CCC(O)(C(F)(F)F)CC1. The second-order valence-corrected chi connectivity index (χ2v) is 5.57. The smallest absolute Gasteiger partial charge is 0.417 e. The zero-order valence-electron chi connectivity index (χ0n) is 12.4. The van der Waals surface area contributed by atoms with Gasteiger partial charge in [0.1, 0.15) is 11.6 Å². The van der Waals surface area contributed by atoms with E-state index < -0.39 is 42.4 Å². The first kappa shape index (κ1) is 17.5. The molecular weight excluding hydrogens is 318 g/mol. The highest BCUT2D eigenvalue weighted by Crippen LogP contribution is 2.38. The van der Waals surface area contributed by atoms with Crippen molar-refractivity contribution in [1.29, 1.82) is 0 Å². The second-order valence-electron chi connectivity index (χ2n) is 5.57. The summed E-state index contributed by atoms with van der Waals surface area (Å²) in [7, 11) is 0. The quantitative estimate of drug-likeness (QED) is 0.864. The van der Waals surface area contributed by atoms with Gasteiger partial charge in [-0.05, 0) is 19.1 Å². The van der Waals surface area contributed by atoms with Crippen molar-refractivity contribution in [3.63, 3.8) is 0 Å². The van der Waals surface area contributed by atoms with Crippen LogP contribution in [0.2, 0.25) is 0 Å². The molecule has 1 amide bonds. The third-order valence-electron chi connectivity index (χ3n) is 3.89. The number of benzene rings is 1. The Bertz CT molecular complexity index is 568. The van der Waals surface area contributed by atoms with Crippen LogP contribution in [-0.2, 0) is 4.79 Å². The number of likely N-dealkylation sites (tertiary alicyclic amines) is 1. The van der Waals surface area contributed by atoms with Crippen molar-refractivity contribution in [2.75, 3.05) is 13.1 Å². The Balaban J connectivity index is 1.94. The molecule has 0 saturated carbocycles. The van der Waals surface area contributed by atoms with E-state index in [1.807, 2.05) is 0 Å². The van der Waals surface area contributed by atoms with Crippen LogP contribution < -0.4 is 4.74 Å². The van der Waals surface area contributed by atoms with Crippen LogP contribution in [0.3, 0.4) is 0 Å². The van der Waals surface area contributed by atoms with Crippen molar-refractivity contribution >= 4 is 5.91 Å². The maximum absolute atomic E-state index is 13.1.